The van der Waals surface area contributed by atoms with Gasteiger partial charge in [-0.2, -0.15) is 0 Å². The number of hydrogen-bond donors (Lipinski definition) is 2. The highest BCUT2D eigenvalue weighted by molar-refractivity contribution is 6.30. The molecular weight excluding hydrogens is 296 g/mol. The monoisotopic (exact) mass is 316 g/mol. The van der Waals surface area contributed by atoms with E-state index in [4.69, 9.17) is 11.6 Å². The van der Waals surface area contributed by atoms with Crippen LogP contribution in [-0.2, 0) is 17.8 Å². The van der Waals surface area contributed by atoms with Crippen molar-refractivity contribution in [3.8, 4) is 0 Å². The maximum Gasteiger partial charge on any atom is 0.239 e. The normalized spacial score (nSPS) is 10.3. The summed E-state index contributed by atoms with van der Waals surface area (Å²) in [5, 5.41) is 6.84. The third kappa shape index (κ3) is 4.50. The average Bonchev–Trinajstić information content (AvgIpc) is 2.53. The summed E-state index contributed by atoms with van der Waals surface area (Å²) in [5.41, 5.74) is 4.48. The quantitative estimate of drug-likeness (QED) is 0.847. The van der Waals surface area contributed by atoms with Gasteiger partial charge < -0.3 is 10.6 Å². The van der Waals surface area contributed by atoms with Crippen molar-refractivity contribution in [2.45, 2.75) is 26.8 Å². The van der Waals surface area contributed by atoms with Crippen LogP contribution in [0.4, 0.5) is 5.69 Å². The molecule has 0 aliphatic heterocycles. The minimum atomic E-state index is -0.0275. The van der Waals surface area contributed by atoms with Gasteiger partial charge in [0.15, 0.2) is 0 Å². The van der Waals surface area contributed by atoms with Crippen LogP contribution in [0.25, 0.3) is 0 Å². The topological polar surface area (TPSA) is 41.1 Å². The van der Waals surface area contributed by atoms with E-state index in [0.29, 0.717) is 11.6 Å². The molecule has 0 heterocycles. The van der Waals surface area contributed by atoms with E-state index in [-0.39, 0.29) is 12.5 Å². The van der Waals surface area contributed by atoms with Crippen LogP contribution < -0.4 is 10.6 Å². The number of carbonyl (C=O) groups is 1. The van der Waals surface area contributed by atoms with E-state index in [1.54, 1.807) is 0 Å². The first-order valence-electron chi connectivity index (χ1n) is 7.43. The van der Waals surface area contributed by atoms with Gasteiger partial charge in [-0.3, -0.25) is 4.79 Å². The van der Waals surface area contributed by atoms with E-state index in [1.807, 2.05) is 43.3 Å². The van der Waals surface area contributed by atoms with E-state index < -0.39 is 0 Å². The van der Waals surface area contributed by atoms with Crippen LogP contribution in [0.2, 0.25) is 5.02 Å². The lowest BCUT2D eigenvalue weighted by molar-refractivity contribution is -0.119. The maximum atomic E-state index is 12.0. The summed E-state index contributed by atoms with van der Waals surface area (Å²) in [7, 11) is 0. The van der Waals surface area contributed by atoms with Crippen LogP contribution in [0.3, 0.4) is 0 Å². The summed E-state index contributed by atoms with van der Waals surface area (Å²) < 4.78 is 0. The van der Waals surface area contributed by atoms with Crippen molar-refractivity contribution in [3.05, 3.63) is 64.2 Å². The van der Waals surface area contributed by atoms with Crippen LogP contribution in [0.1, 0.15) is 23.6 Å². The molecule has 0 fully saturated rings. The Balaban J connectivity index is 1.87. The van der Waals surface area contributed by atoms with Crippen molar-refractivity contribution >= 4 is 23.2 Å². The fourth-order valence-corrected chi connectivity index (χ4v) is 2.44. The number of amides is 1. The van der Waals surface area contributed by atoms with Crippen LogP contribution in [0, 0.1) is 6.92 Å². The second-order valence-corrected chi connectivity index (χ2v) is 5.66. The summed E-state index contributed by atoms with van der Waals surface area (Å²) in [6, 6.07) is 13.6. The van der Waals surface area contributed by atoms with Gasteiger partial charge >= 0.3 is 0 Å². The molecular formula is C18H21ClN2O. The van der Waals surface area contributed by atoms with Gasteiger partial charge in [0.05, 0.1) is 6.54 Å². The predicted octanol–water partition coefficient (Wildman–Crippen LogP) is 3.94. The number of para-hydroxylation sites is 1. The zero-order valence-corrected chi connectivity index (χ0v) is 13.7. The van der Waals surface area contributed by atoms with Crippen molar-refractivity contribution in [2.75, 3.05) is 11.9 Å². The van der Waals surface area contributed by atoms with E-state index in [9.17, 15) is 4.79 Å². The lowest BCUT2D eigenvalue weighted by atomic mass is 10.1. The molecule has 0 bridgehead atoms. The van der Waals surface area contributed by atoms with Crippen molar-refractivity contribution in [3.63, 3.8) is 0 Å². The van der Waals surface area contributed by atoms with Gasteiger partial charge in [0.2, 0.25) is 5.91 Å². The SMILES string of the molecule is CCc1cccc(C)c1NCC(=O)NCc1ccc(Cl)cc1. The molecule has 0 aromatic heterocycles. The summed E-state index contributed by atoms with van der Waals surface area (Å²) in [4.78, 5) is 12.0. The molecule has 0 aliphatic carbocycles. The molecule has 0 spiro atoms. The molecule has 0 atom stereocenters. The highest BCUT2D eigenvalue weighted by atomic mass is 35.5. The molecule has 2 N–H and O–H groups in total. The van der Waals surface area contributed by atoms with Crippen LogP contribution >= 0.6 is 11.6 Å². The Labute approximate surface area is 136 Å². The third-order valence-corrected chi connectivity index (χ3v) is 3.82. The summed E-state index contributed by atoms with van der Waals surface area (Å²) >= 11 is 5.84. The zero-order valence-electron chi connectivity index (χ0n) is 12.9. The molecule has 0 unspecified atom stereocenters. The average molecular weight is 317 g/mol. The molecule has 22 heavy (non-hydrogen) atoms. The van der Waals surface area contributed by atoms with Crippen molar-refractivity contribution in [1.82, 2.24) is 5.32 Å². The predicted molar refractivity (Wildman–Crippen MR) is 92.3 cm³/mol. The molecule has 2 aromatic carbocycles. The molecule has 0 aliphatic rings. The lowest BCUT2D eigenvalue weighted by Crippen LogP contribution is -2.29. The second-order valence-electron chi connectivity index (χ2n) is 5.22. The molecule has 0 saturated heterocycles. The largest absolute Gasteiger partial charge is 0.376 e. The standard InChI is InChI=1S/C18H21ClN2O/c1-3-15-6-4-5-13(2)18(15)21-12-17(22)20-11-14-7-9-16(19)10-8-14/h4-10,21H,3,11-12H2,1-2H3,(H,20,22). The van der Waals surface area contributed by atoms with E-state index in [2.05, 4.69) is 23.6 Å². The van der Waals surface area contributed by atoms with Gasteiger partial charge in [-0.25, -0.2) is 0 Å². The zero-order chi connectivity index (χ0) is 15.9. The Morgan fingerprint density at radius 3 is 2.55 bits per heavy atom. The number of hydrogen-bond acceptors (Lipinski definition) is 2. The van der Waals surface area contributed by atoms with Gasteiger partial charge in [-0.15, -0.1) is 0 Å². The van der Waals surface area contributed by atoms with E-state index >= 15 is 0 Å². The Morgan fingerprint density at radius 2 is 1.86 bits per heavy atom. The van der Waals surface area contributed by atoms with Gasteiger partial charge in [0, 0.05) is 17.3 Å². The fraction of sp³-hybridized carbons (Fsp3) is 0.278. The van der Waals surface area contributed by atoms with Crippen molar-refractivity contribution in [2.24, 2.45) is 0 Å². The highest BCUT2D eigenvalue weighted by Crippen LogP contribution is 2.20. The van der Waals surface area contributed by atoms with Crippen LogP contribution in [0.15, 0.2) is 42.5 Å². The number of halogens is 1. The van der Waals surface area contributed by atoms with Crippen LogP contribution in [-0.4, -0.2) is 12.5 Å². The number of rotatable bonds is 6. The highest BCUT2D eigenvalue weighted by Gasteiger charge is 2.06. The van der Waals surface area contributed by atoms with Gasteiger partial charge in [-0.1, -0.05) is 48.9 Å². The van der Waals surface area contributed by atoms with Gasteiger partial charge in [0.25, 0.3) is 0 Å². The molecule has 116 valence electrons. The summed E-state index contributed by atoms with van der Waals surface area (Å²) in [6.45, 7) is 4.94. The van der Waals surface area contributed by atoms with Crippen LogP contribution in [0.5, 0.6) is 0 Å². The first-order valence-corrected chi connectivity index (χ1v) is 7.81. The number of carbonyl (C=O) groups excluding carboxylic acids is 1. The first kappa shape index (κ1) is 16.4. The molecule has 1 amide bonds. The van der Waals surface area contributed by atoms with Crippen molar-refractivity contribution < 1.29 is 4.79 Å². The maximum absolute atomic E-state index is 12.0. The summed E-state index contributed by atoms with van der Waals surface area (Å²) in [5.74, 6) is -0.0275. The van der Waals surface area contributed by atoms with Gasteiger partial charge in [0.1, 0.15) is 0 Å². The number of nitrogens with one attached hydrogen (secondary N) is 2. The first-order chi connectivity index (χ1) is 10.6. The molecule has 3 nitrogen and oxygen atoms in total. The van der Waals surface area contributed by atoms with Gasteiger partial charge in [-0.05, 0) is 42.2 Å². The lowest BCUT2D eigenvalue weighted by Gasteiger charge is -2.14. The molecule has 4 heteroatoms. The number of anilines is 1. The van der Waals surface area contributed by atoms with E-state index in [1.165, 1.54) is 5.56 Å². The third-order valence-electron chi connectivity index (χ3n) is 3.57. The minimum absolute atomic E-state index is 0.0275. The number of benzene rings is 2. The molecule has 2 rings (SSSR count). The Kier molecular flexibility index (Phi) is 5.84. The molecule has 0 radical (unpaired) electrons. The fourth-order valence-electron chi connectivity index (χ4n) is 2.31. The molecule has 0 saturated carbocycles. The smallest absolute Gasteiger partial charge is 0.239 e. The minimum Gasteiger partial charge on any atom is -0.376 e. The Hall–Kier alpha value is -2.00. The number of aryl methyl sites for hydroxylation is 2. The second kappa shape index (κ2) is 7.85. The van der Waals surface area contributed by atoms with Crippen molar-refractivity contribution in [1.29, 1.82) is 0 Å². The van der Waals surface area contributed by atoms with E-state index in [0.717, 1.165) is 23.2 Å². The summed E-state index contributed by atoms with van der Waals surface area (Å²) in [6.07, 6.45) is 0.941. The molecule has 2 aromatic rings. The Bertz CT molecular complexity index is 638. The Morgan fingerprint density at radius 1 is 1.14 bits per heavy atom.